The van der Waals surface area contributed by atoms with Crippen molar-refractivity contribution in [2.45, 2.75) is 52.2 Å². The van der Waals surface area contributed by atoms with Crippen LogP contribution in [-0.4, -0.2) is 23.9 Å². The molecule has 0 rings (SSSR count). The van der Waals surface area contributed by atoms with Gasteiger partial charge in [0.05, 0.1) is 0 Å². The molecule has 2 N–H and O–H groups in total. The highest BCUT2D eigenvalue weighted by molar-refractivity contribution is 5.78. The number of esters is 1. The molecule has 0 aromatic heterocycles. The van der Waals surface area contributed by atoms with Gasteiger partial charge in [-0.3, -0.25) is 9.59 Å². The van der Waals surface area contributed by atoms with E-state index in [1.165, 1.54) is 6.92 Å². The summed E-state index contributed by atoms with van der Waals surface area (Å²) in [5, 5.41) is 0. The minimum absolute atomic E-state index is 0.0105. The molecule has 2 atom stereocenters. The number of carbonyl (C=O) groups is 2. The van der Waals surface area contributed by atoms with E-state index in [4.69, 9.17) is 10.5 Å². The Hall–Kier alpha value is -1.16. The average molecular weight is 227 g/mol. The third kappa shape index (κ3) is 7.17. The second-order valence-corrected chi connectivity index (χ2v) is 3.89. The van der Waals surface area contributed by atoms with Crippen molar-refractivity contribution in [3.05, 3.63) is 12.2 Å². The largest absolute Gasteiger partial charge is 0.457 e. The summed E-state index contributed by atoms with van der Waals surface area (Å²) in [7, 11) is 0. The Labute approximate surface area is 96.8 Å². The Morgan fingerprint density at radius 2 is 2.06 bits per heavy atom. The summed E-state index contributed by atoms with van der Waals surface area (Å²) in [5.74, 6) is -0.490. The average Bonchev–Trinajstić information content (AvgIpc) is 2.16. The molecular weight excluding hydrogens is 206 g/mol. The molecule has 0 amide bonds. The number of hydrogen-bond donors (Lipinski definition) is 1. The van der Waals surface area contributed by atoms with Crippen LogP contribution in [0.3, 0.4) is 0 Å². The van der Waals surface area contributed by atoms with E-state index in [9.17, 15) is 9.59 Å². The highest BCUT2D eigenvalue weighted by atomic mass is 16.5. The summed E-state index contributed by atoms with van der Waals surface area (Å²) < 4.78 is 5.10. The molecule has 0 heterocycles. The molecule has 0 saturated heterocycles. The Morgan fingerprint density at radius 3 is 2.50 bits per heavy atom. The molecule has 4 heteroatoms. The summed E-state index contributed by atoms with van der Waals surface area (Å²) in [5.41, 5.74) is 5.39. The van der Waals surface area contributed by atoms with Crippen molar-refractivity contribution in [3.8, 4) is 0 Å². The fourth-order valence-electron chi connectivity index (χ4n) is 1.10. The Kier molecular flexibility index (Phi) is 7.46. The molecule has 4 nitrogen and oxygen atoms in total. The van der Waals surface area contributed by atoms with E-state index < -0.39 is 18.1 Å². The quantitative estimate of drug-likeness (QED) is 0.529. The summed E-state index contributed by atoms with van der Waals surface area (Å²) >= 11 is 0. The highest BCUT2D eigenvalue weighted by Crippen LogP contribution is 2.05. The first-order valence-corrected chi connectivity index (χ1v) is 5.59. The number of hydrogen-bond acceptors (Lipinski definition) is 4. The van der Waals surface area contributed by atoms with Gasteiger partial charge in [0.1, 0.15) is 17.9 Å². The van der Waals surface area contributed by atoms with Crippen LogP contribution >= 0.6 is 0 Å². The van der Waals surface area contributed by atoms with E-state index in [-0.39, 0.29) is 12.2 Å². The molecule has 0 aliphatic carbocycles. The molecule has 0 aliphatic rings. The number of unbranched alkanes of at least 4 members (excludes halogenated alkanes) is 1. The maximum Gasteiger partial charge on any atom is 0.323 e. The van der Waals surface area contributed by atoms with Crippen LogP contribution < -0.4 is 5.73 Å². The molecule has 0 bridgehead atoms. The predicted molar refractivity (Wildman–Crippen MR) is 62.9 cm³/mol. The first-order valence-electron chi connectivity index (χ1n) is 5.59. The second kappa shape index (κ2) is 8.05. The van der Waals surface area contributed by atoms with Gasteiger partial charge in [0.25, 0.3) is 0 Å². The van der Waals surface area contributed by atoms with E-state index in [0.29, 0.717) is 0 Å². The second-order valence-electron chi connectivity index (χ2n) is 3.89. The lowest BCUT2D eigenvalue weighted by atomic mass is 10.1. The van der Waals surface area contributed by atoms with Gasteiger partial charge in [0.15, 0.2) is 0 Å². The van der Waals surface area contributed by atoms with Crippen LogP contribution in [0.4, 0.5) is 0 Å². The normalized spacial score (nSPS) is 14.8. The van der Waals surface area contributed by atoms with Crippen LogP contribution in [0.25, 0.3) is 0 Å². The fourth-order valence-corrected chi connectivity index (χ4v) is 1.10. The first-order chi connectivity index (χ1) is 7.47. The molecule has 16 heavy (non-hydrogen) atoms. The van der Waals surface area contributed by atoms with Gasteiger partial charge in [-0.1, -0.05) is 19.4 Å². The van der Waals surface area contributed by atoms with Gasteiger partial charge < -0.3 is 10.5 Å². The molecule has 2 unspecified atom stereocenters. The van der Waals surface area contributed by atoms with Crippen LogP contribution in [0.1, 0.15) is 40.0 Å². The number of rotatable bonds is 7. The predicted octanol–water partition coefficient (Wildman–Crippen LogP) is 1.58. The maximum absolute atomic E-state index is 11.3. The number of Topliss-reactive ketones (excluding diaryl/α,β-unsaturated/α-hetero) is 1. The Balaban J connectivity index is 4.30. The smallest absolute Gasteiger partial charge is 0.323 e. The molecule has 0 aromatic carbocycles. The number of ketones is 1. The van der Waals surface area contributed by atoms with Crippen molar-refractivity contribution >= 4 is 11.8 Å². The van der Waals surface area contributed by atoms with E-state index in [2.05, 4.69) is 6.92 Å². The topological polar surface area (TPSA) is 69.4 Å². The zero-order valence-corrected chi connectivity index (χ0v) is 10.2. The van der Waals surface area contributed by atoms with Crippen LogP contribution in [0.5, 0.6) is 0 Å². The van der Waals surface area contributed by atoms with Crippen molar-refractivity contribution in [2.24, 2.45) is 5.73 Å². The highest BCUT2D eigenvalue weighted by Gasteiger charge is 2.16. The van der Waals surface area contributed by atoms with Crippen molar-refractivity contribution in [1.29, 1.82) is 0 Å². The van der Waals surface area contributed by atoms with Crippen LogP contribution in [0.15, 0.2) is 12.2 Å². The molecule has 0 spiro atoms. The van der Waals surface area contributed by atoms with Crippen LogP contribution in [0.2, 0.25) is 0 Å². The lowest BCUT2D eigenvalue weighted by Crippen LogP contribution is -2.32. The van der Waals surface area contributed by atoms with Gasteiger partial charge in [-0.15, -0.1) is 0 Å². The molecule has 0 saturated carbocycles. The fraction of sp³-hybridized carbons (Fsp3) is 0.667. The minimum atomic E-state index is -0.658. The molecule has 0 aliphatic heterocycles. The van der Waals surface area contributed by atoms with Gasteiger partial charge in [-0.2, -0.15) is 0 Å². The monoisotopic (exact) mass is 227 g/mol. The van der Waals surface area contributed by atoms with Crippen molar-refractivity contribution in [3.63, 3.8) is 0 Å². The zero-order valence-electron chi connectivity index (χ0n) is 10.2. The Bertz CT molecular complexity index is 259. The summed E-state index contributed by atoms with van der Waals surface area (Å²) in [6.45, 7) is 5.08. The van der Waals surface area contributed by atoms with Crippen molar-refractivity contribution < 1.29 is 14.3 Å². The Morgan fingerprint density at radius 1 is 1.44 bits per heavy atom. The molecule has 0 aromatic rings. The van der Waals surface area contributed by atoms with E-state index >= 15 is 0 Å². The lowest BCUT2D eigenvalue weighted by molar-refractivity contribution is -0.148. The molecule has 92 valence electrons. The van der Waals surface area contributed by atoms with E-state index in [0.717, 1.165) is 12.8 Å². The standard InChI is InChI=1S/C12H21NO3/c1-4-5-6-7-11(8-9(2)14)16-12(15)10(3)13/h6-7,10-11H,4-5,8,13H2,1-3H3. The third-order valence-electron chi connectivity index (χ3n) is 1.93. The third-order valence-corrected chi connectivity index (χ3v) is 1.93. The van der Waals surface area contributed by atoms with Gasteiger partial charge >= 0.3 is 5.97 Å². The number of carbonyl (C=O) groups excluding carboxylic acids is 2. The molecular formula is C12H21NO3. The zero-order chi connectivity index (χ0) is 12.6. The van der Waals surface area contributed by atoms with Crippen molar-refractivity contribution in [2.75, 3.05) is 0 Å². The minimum Gasteiger partial charge on any atom is -0.457 e. The first kappa shape index (κ1) is 14.8. The van der Waals surface area contributed by atoms with Crippen molar-refractivity contribution in [1.82, 2.24) is 0 Å². The summed E-state index contributed by atoms with van der Waals surface area (Å²) in [6, 6.07) is -0.658. The number of allylic oxidation sites excluding steroid dienone is 1. The lowest BCUT2D eigenvalue weighted by Gasteiger charge is -2.14. The SMILES string of the molecule is CCCC=CC(CC(C)=O)OC(=O)C(C)N. The number of nitrogens with two attached hydrogens (primary N) is 1. The summed E-state index contributed by atoms with van der Waals surface area (Å²) in [4.78, 5) is 22.3. The van der Waals surface area contributed by atoms with Gasteiger partial charge in [0, 0.05) is 6.42 Å². The van der Waals surface area contributed by atoms with Gasteiger partial charge in [-0.05, 0) is 26.3 Å². The molecule has 0 radical (unpaired) electrons. The van der Waals surface area contributed by atoms with Crippen LogP contribution in [-0.2, 0) is 14.3 Å². The van der Waals surface area contributed by atoms with E-state index in [1.54, 1.807) is 13.0 Å². The summed E-state index contributed by atoms with van der Waals surface area (Å²) in [6.07, 6.45) is 5.32. The number of ether oxygens (including phenoxy) is 1. The van der Waals surface area contributed by atoms with Crippen LogP contribution in [0, 0.1) is 0 Å². The molecule has 0 fully saturated rings. The maximum atomic E-state index is 11.3. The van der Waals surface area contributed by atoms with E-state index in [1.807, 2.05) is 6.08 Å². The van der Waals surface area contributed by atoms with Gasteiger partial charge in [0.2, 0.25) is 0 Å². The van der Waals surface area contributed by atoms with Gasteiger partial charge in [-0.25, -0.2) is 0 Å².